The van der Waals surface area contributed by atoms with Crippen molar-refractivity contribution < 1.29 is 13.3 Å². The maximum atomic E-state index is 12.5. The van der Waals surface area contributed by atoms with Gasteiger partial charge >= 0.3 is 0 Å². The molecule has 0 bridgehead atoms. The molecule has 0 atom stereocenters. The number of pyridine rings is 1. The predicted molar refractivity (Wildman–Crippen MR) is 93.2 cm³/mol. The first-order valence-corrected chi connectivity index (χ1v) is 9.14. The Hall–Kier alpha value is -2.72. The number of benzene rings is 1. The van der Waals surface area contributed by atoms with E-state index in [1.807, 2.05) is 0 Å². The van der Waals surface area contributed by atoms with E-state index in [-0.39, 0.29) is 5.82 Å². The zero-order valence-corrected chi connectivity index (χ0v) is 14.1. The number of nitrogens with one attached hydrogen (secondary N) is 2. The van der Waals surface area contributed by atoms with Crippen LogP contribution in [-0.4, -0.2) is 44.5 Å². The van der Waals surface area contributed by atoms with Gasteiger partial charge in [-0.2, -0.15) is 0 Å². The number of para-hydroxylation sites is 1. The Balaban J connectivity index is 1.88. The molecule has 1 fully saturated rings. The van der Waals surface area contributed by atoms with Gasteiger partial charge in [-0.3, -0.25) is 14.8 Å². The average Bonchev–Trinajstić information content (AvgIpc) is 2.62. The van der Waals surface area contributed by atoms with Gasteiger partial charge in [0.15, 0.2) is 4.90 Å². The van der Waals surface area contributed by atoms with Crippen LogP contribution in [0.4, 0.5) is 17.2 Å². The van der Waals surface area contributed by atoms with Crippen molar-refractivity contribution in [1.29, 1.82) is 0 Å². The molecule has 2 aromatic rings. The summed E-state index contributed by atoms with van der Waals surface area (Å²) in [7, 11) is -4.12. The van der Waals surface area contributed by atoms with Crippen molar-refractivity contribution in [2.45, 2.75) is 4.90 Å². The molecule has 1 aliphatic heterocycles. The summed E-state index contributed by atoms with van der Waals surface area (Å²) in [5.41, 5.74) is 0.366. The molecule has 2 N–H and O–H groups in total. The lowest BCUT2D eigenvalue weighted by atomic mass is 10.3. The minimum absolute atomic E-state index is 0.120. The summed E-state index contributed by atoms with van der Waals surface area (Å²) in [6, 6.07) is 8.62. The van der Waals surface area contributed by atoms with E-state index in [2.05, 4.69) is 19.9 Å². The second-order valence-corrected chi connectivity index (χ2v) is 7.12. The number of hydrogen-bond donors (Lipinski definition) is 2. The lowest BCUT2D eigenvalue weighted by Crippen LogP contribution is -2.43. The molecule has 132 valence electrons. The zero-order valence-electron chi connectivity index (χ0n) is 13.3. The van der Waals surface area contributed by atoms with Gasteiger partial charge in [0.25, 0.3) is 15.7 Å². The topological polar surface area (TPSA) is 117 Å². The van der Waals surface area contributed by atoms with Crippen molar-refractivity contribution in [2.24, 2.45) is 0 Å². The third-order valence-corrected chi connectivity index (χ3v) is 5.22. The summed E-state index contributed by atoms with van der Waals surface area (Å²) in [6.07, 6.45) is 1.51. The zero-order chi connectivity index (χ0) is 17.9. The number of nitro groups is 1. The highest BCUT2D eigenvalue weighted by Crippen LogP contribution is 2.26. The fourth-order valence-electron chi connectivity index (χ4n) is 2.62. The summed E-state index contributed by atoms with van der Waals surface area (Å²) in [5.74, 6) is 0.120. The Kier molecular flexibility index (Phi) is 4.81. The van der Waals surface area contributed by atoms with Crippen LogP contribution >= 0.6 is 0 Å². The normalized spacial score (nSPS) is 15.0. The summed E-state index contributed by atoms with van der Waals surface area (Å²) in [4.78, 5) is 16.1. The average molecular weight is 363 g/mol. The van der Waals surface area contributed by atoms with Crippen LogP contribution in [-0.2, 0) is 10.0 Å². The highest BCUT2D eigenvalue weighted by molar-refractivity contribution is 7.92. The van der Waals surface area contributed by atoms with Crippen molar-refractivity contribution in [1.82, 2.24) is 10.3 Å². The van der Waals surface area contributed by atoms with Crippen LogP contribution in [0.15, 0.2) is 47.5 Å². The first kappa shape index (κ1) is 17.1. The summed E-state index contributed by atoms with van der Waals surface area (Å²) in [5, 5.41) is 14.3. The van der Waals surface area contributed by atoms with Gasteiger partial charge in [-0.25, -0.2) is 13.4 Å². The Morgan fingerprint density at radius 2 is 1.92 bits per heavy atom. The SMILES string of the molecule is O=[N+]([O-])c1ccccc1S(=O)(=O)Nc1cc(N2CCNCC2)ccn1. The molecule has 3 rings (SSSR count). The van der Waals surface area contributed by atoms with E-state index in [4.69, 9.17) is 0 Å². The molecule has 0 spiro atoms. The Labute approximate surface area is 144 Å². The molecule has 0 radical (unpaired) electrons. The molecule has 0 amide bonds. The van der Waals surface area contributed by atoms with Crippen LogP contribution in [0, 0.1) is 10.1 Å². The van der Waals surface area contributed by atoms with E-state index in [9.17, 15) is 18.5 Å². The number of rotatable bonds is 5. The van der Waals surface area contributed by atoms with Crippen LogP contribution in [0.5, 0.6) is 0 Å². The quantitative estimate of drug-likeness (QED) is 0.605. The molecule has 0 aliphatic carbocycles. The second-order valence-electron chi connectivity index (χ2n) is 5.47. The maximum Gasteiger partial charge on any atom is 0.289 e. The van der Waals surface area contributed by atoms with Crippen molar-refractivity contribution in [3.8, 4) is 0 Å². The summed E-state index contributed by atoms with van der Waals surface area (Å²) in [6.45, 7) is 3.31. The summed E-state index contributed by atoms with van der Waals surface area (Å²) < 4.78 is 27.4. The highest BCUT2D eigenvalue weighted by Gasteiger charge is 2.25. The number of sulfonamides is 1. The van der Waals surface area contributed by atoms with Crippen LogP contribution < -0.4 is 14.9 Å². The van der Waals surface area contributed by atoms with Gasteiger partial charge in [0.1, 0.15) is 5.82 Å². The van der Waals surface area contributed by atoms with Gasteiger partial charge in [-0.1, -0.05) is 12.1 Å². The largest absolute Gasteiger partial charge is 0.369 e. The minimum atomic E-state index is -4.12. The molecule has 1 aliphatic rings. The van der Waals surface area contributed by atoms with Crippen molar-refractivity contribution in [2.75, 3.05) is 35.8 Å². The van der Waals surface area contributed by atoms with Gasteiger partial charge in [0, 0.05) is 50.2 Å². The molecule has 10 heteroatoms. The molecule has 1 aromatic carbocycles. The van der Waals surface area contributed by atoms with Gasteiger partial charge in [0.05, 0.1) is 4.92 Å². The third kappa shape index (κ3) is 3.86. The van der Waals surface area contributed by atoms with Crippen molar-refractivity contribution >= 4 is 27.2 Å². The smallest absolute Gasteiger partial charge is 0.289 e. The maximum absolute atomic E-state index is 12.5. The Bertz CT molecular complexity index is 881. The van der Waals surface area contributed by atoms with E-state index in [1.54, 1.807) is 12.1 Å². The van der Waals surface area contributed by atoms with Gasteiger partial charge in [-0.05, 0) is 12.1 Å². The predicted octanol–water partition coefficient (Wildman–Crippen LogP) is 1.20. The number of aromatic nitrogens is 1. The number of nitro benzene ring substituents is 1. The van der Waals surface area contributed by atoms with E-state index < -0.39 is 25.5 Å². The molecule has 1 saturated heterocycles. The standard InChI is InChI=1S/C15H17N5O4S/c21-20(22)13-3-1-2-4-14(13)25(23,24)18-15-11-12(5-6-17-15)19-9-7-16-8-10-19/h1-6,11,16H,7-10H2,(H,17,18). The van der Waals surface area contributed by atoms with Crippen molar-refractivity contribution in [3.63, 3.8) is 0 Å². The summed E-state index contributed by atoms with van der Waals surface area (Å²) >= 11 is 0. The third-order valence-electron chi connectivity index (χ3n) is 3.82. The van der Waals surface area contributed by atoms with Crippen LogP contribution in [0.3, 0.4) is 0 Å². The first-order chi connectivity index (χ1) is 12.0. The molecule has 0 saturated carbocycles. The highest BCUT2D eigenvalue weighted by atomic mass is 32.2. The fourth-order valence-corrected chi connectivity index (χ4v) is 3.80. The monoisotopic (exact) mass is 363 g/mol. The van der Waals surface area contributed by atoms with E-state index in [0.29, 0.717) is 0 Å². The number of nitrogens with zero attached hydrogens (tertiary/aromatic N) is 3. The van der Waals surface area contributed by atoms with Crippen LogP contribution in [0.25, 0.3) is 0 Å². The molecule has 0 unspecified atom stereocenters. The molecule has 2 heterocycles. The molecule has 9 nitrogen and oxygen atoms in total. The van der Waals surface area contributed by atoms with E-state index in [1.165, 1.54) is 24.4 Å². The van der Waals surface area contributed by atoms with Crippen LogP contribution in [0.1, 0.15) is 0 Å². The minimum Gasteiger partial charge on any atom is -0.369 e. The van der Waals surface area contributed by atoms with Gasteiger partial charge < -0.3 is 10.2 Å². The van der Waals surface area contributed by atoms with E-state index in [0.717, 1.165) is 37.9 Å². The lowest BCUT2D eigenvalue weighted by Gasteiger charge is -2.29. The lowest BCUT2D eigenvalue weighted by molar-refractivity contribution is -0.387. The molecular formula is C15H17N5O4S. The fraction of sp³-hybridized carbons (Fsp3) is 0.267. The number of hydrogen-bond acceptors (Lipinski definition) is 7. The van der Waals surface area contributed by atoms with Crippen LogP contribution in [0.2, 0.25) is 0 Å². The first-order valence-electron chi connectivity index (χ1n) is 7.65. The van der Waals surface area contributed by atoms with Gasteiger partial charge in [0.2, 0.25) is 0 Å². The number of anilines is 2. The van der Waals surface area contributed by atoms with Crippen molar-refractivity contribution in [3.05, 3.63) is 52.7 Å². The van der Waals surface area contributed by atoms with E-state index >= 15 is 0 Å². The Morgan fingerprint density at radius 1 is 1.20 bits per heavy atom. The molecular weight excluding hydrogens is 346 g/mol. The Morgan fingerprint density at radius 3 is 2.64 bits per heavy atom. The molecule has 1 aromatic heterocycles. The second kappa shape index (κ2) is 7.03. The molecule has 25 heavy (non-hydrogen) atoms. The number of piperazine rings is 1. The van der Waals surface area contributed by atoms with Gasteiger partial charge in [-0.15, -0.1) is 0 Å².